The number of likely N-dealkylation sites (tertiary alicyclic amines) is 1. The number of nitrogens with one attached hydrogen (secondary N) is 1. The first-order chi connectivity index (χ1) is 9.10. The van der Waals surface area contributed by atoms with Crippen molar-refractivity contribution in [2.75, 3.05) is 13.6 Å². The molecule has 19 heavy (non-hydrogen) atoms. The van der Waals surface area contributed by atoms with E-state index in [4.69, 9.17) is 0 Å². The predicted octanol–water partition coefficient (Wildman–Crippen LogP) is 3.52. The Labute approximate surface area is 118 Å². The number of benzene rings is 1. The van der Waals surface area contributed by atoms with Crippen LogP contribution in [0.3, 0.4) is 0 Å². The molecule has 1 aromatic carbocycles. The van der Waals surface area contributed by atoms with Crippen molar-refractivity contribution in [2.24, 2.45) is 0 Å². The highest BCUT2D eigenvalue weighted by Crippen LogP contribution is 2.22. The molecule has 2 nitrogen and oxygen atoms in total. The summed E-state index contributed by atoms with van der Waals surface area (Å²) < 4.78 is 0. The van der Waals surface area contributed by atoms with Crippen molar-refractivity contribution in [3.8, 4) is 0 Å². The molecule has 0 bridgehead atoms. The second kappa shape index (κ2) is 6.53. The topological polar surface area (TPSA) is 15.3 Å². The normalized spacial score (nSPS) is 26.3. The summed E-state index contributed by atoms with van der Waals surface area (Å²) in [6.45, 7) is 7.97. The highest BCUT2D eigenvalue weighted by Gasteiger charge is 2.24. The Kier molecular flexibility index (Phi) is 5.00. The molecular formula is C17H28N2. The fraction of sp³-hybridized carbons (Fsp3) is 0.647. The van der Waals surface area contributed by atoms with Crippen molar-refractivity contribution >= 4 is 0 Å². The highest BCUT2D eigenvalue weighted by atomic mass is 15.1. The molecule has 0 aliphatic carbocycles. The van der Waals surface area contributed by atoms with Gasteiger partial charge in [-0.3, -0.25) is 0 Å². The summed E-state index contributed by atoms with van der Waals surface area (Å²) in [5.74, 6) is 0. The zero-order chi connectivity index (χ0) is 13.8. The second-order valence-corrected chi connectivity index (χ2v) is 6.09. The fourth-order valence-electron chi connectivity index (χ4n) is 2.97. The summed E-state index contributed by atoms with van der Waals surface area (Å²) in [6, 6.07) is 10.8. The Morgan fingerprint density at radius 2 is 2.00 bits per heavy atom. The molecule has 0 saturated carbocycles. The molecule has 1 aliphatic rings. The molecule has 3 atom stereocenters. The van der Waals surface area contributed by atoms with E-state index in [0.717, 1.165) is 6.42 Å². The van der Waals surface area contributed by atoms with Gasteiger partial charge in [0.25, 0.3) is 0 Å². The van der Waals surface area contributed by atoms with Gasteiger partial charge in [-0.05, 0) is 52.3 Å². The van der Waals surface area contributed by atoms with Crippen LogP contribution < -0.4 is 5.32 Å². The minimum absolute atomic E-state index is 0.501. The summed E-state index contributed by atoms with van der Waals surface area (Å²) in [5.41, 5.74) is 2.77. The molecule has 106 valence electrons. The van der Waals surface area contributed by atoms with Crippen LogP contribution in [-0.2, 0) is 0 Å². The Balaban J connectivity index is 1.97. The molecule has 1 aromatic rings. The molecule has 1 aliphatic heterocycles. The summed E-state index contributed by atoms with van der Waals surface area (Å²) in [4.78, 5) is 2.46. The van der Waals surface area contributed by atoms with Gasteiger partial charge in [-0.15, -0.1) is 0 Å². The maximum atomic E-state index is 3.87. The average molecular weight is 260 g/mol. The van der Waals surface area contributed by atoms with E-state index < -0.39 is 0 Å². The van der Waals surface area contributed by atoms with Crippen LogP contribution in [0.5, 0.6) is 0 Å². The first-order valence-electron chi connectivity index (χ1n) is 7.63. The van der Waals surface area contributed by atoms with Gasteiger partial charge >= 0.3 is 0 Å². The quantitative estimate of drug-likeness (QED) is 0.891. The first kappa shape index (κ1) is 14.5. The predicted molar refractivity (Wildman–Crippen MR) is 82.5 cm³/mol. The third-order valence-electron chi connectivity index (χ3n) is 4.53. The van der Waals surface area contributed by atoms with E-state index in [1.807, 2.05) is 0 Å². The van der Waals surface area contributed by atoms with Crippen LogP contribution in [0.2, 0.25) is 0 Å². The SMILES string of the molecule is CCC(NC1CCN(C)C(C)C1)c1ccc(C)cc1. The van der Waals surface area contributed by atoms with Crippen molar-refractivity contribution in [3.63, 3.8) is 0 Å². The fourth-order valence-corrected chi connectivity index (χ4v) is 2.97. The monoisotopic (exact) mass is 260 g/mol. The minimum atomic E-state index is 0.501. The van der Waals surface area contributed by atoms with Crippen LogP contribution in [0.25, 0.3) is 0 Å². The van der Waals surface area contributed by atoms with E-state index in [1.54, 1.807) is 0 Å². The van der Waals surface area contributed by atoms with Gasteiger partial charge in [-0.2, -0.15) is 0 Å². The molecule has 3 unspecified atom stereocenters. The van der Waals surface area contributed by atoms with E-state index in [-0.39, 0.29) is 0 Å². The number of rotatable bonds is 4. The number of nitrogens with zero attached hydrogens (tertiary/aromatic N) is 1. The maximum absolute atomic E-state index is 3.87. The van der Waals surface area contributed by atoms with Crippen LogP contribution in [0.4, 0.5) is 0 Å². The lowest BCUT2D eigenvalue weighted by Gasteiger charge is -2.37. The van der Waals surface area contributed by atoms with Gasteiger partial charge in [0.2, 0.25) is 0 Å². The van der Waals surface area contributed by atoms with Crippen LogP contribution in [0.15, 0.2) is 24.3 Å². The number of aryl methyl sites for hydroxylation is 1. The number of piperidine rings is 1. The van der Waals surface area contributed by atoms with Gasteiger partial charge in [-0.25, -0.2) is 0 Å². The third-order valence-corrected chi connectivity index (χ3v) is 4.53. The summed E-state index contributed by atoms with van der Waals surface area (Å²) in [6.07, 6.45) is 3.69. The highest BCUT2D eigenvalue weighted by molar-refractivity contribution is 5.24. The molecule has 1 saturated heterocycles. The lowest BCUT2D eigenvalue weighted by atomic mass is 9.95. The maximum Gasteiger partial charge on any atom is 0.0320 e. The van der Waals surface area contributed by atoms with Crippen molar-refractivity contribution in [2.45, 2.75) is 58.2 Å². The van der Waals surface area contributed by atoms with E-state index >= 15 is 0 Å². The van der Waals surface area contributed by atoms with E-state index in [2.05, 4.69) is 62.3 Å². The molecule has 1 N–H and O–H groups in total. The van der Waals surface area contributed by atoms with Gasteiger partial charge in [0, 0.05) is 18.1 Å². The zero-order valence-corrected chi connectivity index (χ0v) is 12.8. The molecule has 0 spiro atoms. The van der Waals surface area contributed by atoms with Crippen molar-refractivity contribution in [1.29, 1.82) is 0 Å². The summed E-state index contributed by atoms with van der Waals surface area (Å²) in [7, 11) is 2.23. The lowest BCUT2D eigenvalue weighted by molar-refractivity contribution is 0.161. The van der Waals surface area contributed by atoms with E-state index in [1.165, 1.54) is 30.5 Å². The Bertz CT molecular complexity index is 385. The third kappa shape index (κ3) is 3.80. The Hall–Kier alpha value is -0.860. The zero-order valence-electron chi connectivity index (χ0n) is 12.8. The summed E-state index contributed by atoms with van der Waals surface area (Å²) >= 11 is 0. The van der Waals surface area contributed by atoms with Crippen LogP contribution >= 0.6 is 0 Å². The molecule has 2 rings (SSSR count). The summed E-state index contributed by atoms with van der Waals surface area (Å²) in [5, 5.41) is 3.87. The first-order valence-corrected chi connectivity index (χ1v) is 7.63. The number of hydrogen-bond donors (Lipinski definition) is 1. The lowest BCUT2D eigenvalue weighted by Crippen LogP contribution is -2.46. The van der Waals surface area contributed by atoms with Crippen molar-refractivity contribution < 1.29 is 0 Å². The Morgan fingerprint density at radius 1 is 1.32 bits per heavy atom. The molecule has 1 fully saturated rings. The van der Waals surface area contributed by atoms with Crippen LogP contribution in [-0.4, -0.2) is 30.6 Å². The van der Waals surface area contributed by atoms with Crippen LogP contribution in [0, 0.1) is 6.92 Å². The minimum Gasteiger partial charge on any atom is -0.307 e. The van der Waals surface area contributed by atoms with Gasteiger partial charge in [-0.1, -0.05) is 36.8 Å². The average Bonchev–Trinajstić information content (AvgIpc) is 2.41. The molecule has 1 heterocycles. The van der Waals surface area contributed by atoms with E-state index in [0.29, 0.717) is 18.1 Å². The second-order valence-electron chi connectivity index (χ2n) is 6.09. The van der Waals surface area contributed by atoms with Crippen molar-refractivity contribution in [1.82, 2.24) is 10.2 Å². The van der Waals surface area contributed by atoms with E-state index in [9.17, 15) is 0 Å². The molecular weight excluding hydrogens is 232 g/mol. The van der Waals surface area contributed by atoms with Gasteiger partial charge < -0.3 is 10.2 Å². The smallest absolute Gasteiger partial charge is 0.0320 e. The largest absolute Gasteiger partial charge is 0.307 e. The standard InChI is InChI=1S/C17H28N2/c1-5-17(15-8-6-13(2)7-9-15)18-16-10-11-19(4)14(3)12-16/h6-9,14,16-18H,5,10-12H2,1-4H3. The molecule has 0 amide bonds. The molecule has 0 radical (unpaired) electrons. The number of hydrogen-bond acceptors (Lipinski definition) is 2. The van der Waals surface area contributed by atoms with Gasteiger partial charge in [0.1, 0.15) is 0 Å². The van der Waals surface area contributed by atoms with Gasteiger partial charge in [0.05, 0.1) is 0 Å². The Morgan fingerprint density at radius 3 is 2.58 bits per heavy atom. The van der Waals surface area contributed by atoms with Crippen molar-refractivity contribution in [3.05, 3.63) is 35.4 Å². The molecule has 2 heteroatoms. The van der Waals surface area contributed by atoms with Gasteiger partial charge in [0.15, 0.2) is 0 Å². The van der Waals surface area contributed by atoms with Crippen LogP contribution in [0.1, 0.15) is 50.3 Å². The molecule has 0 aromatic heterocycles.